The van der Waals surface area contributed by atoms with Gasteiger partial charge in [0.05, 0.1) is 5.02 Å². The highest BCUT2D eigenvalue weighted by molar-refractivity contribution is 6.32. The molecule has 3 aromatic rings. The average Bonchev–Trinajstić information content (AvgIpc) is 3.26. The number of nitrogens with one attached hydrogen (secondary N) is 1. The standard InChI is InChI=1S/C22H25ClN4O5/c1-4-16-7-15(6-13(3)25-16)22-26-21(27-32-22)14-5-12(2)20(18(23)8-14)31-11-17(29)9-24-19(30)10-28/h5-8,17,28-29H,4,9-11H2,1-3H3,(H,24,30)/t17-/m0/s1. The van der Waals surface area contributed by atoms with E-state index < -0.39 is 18.6 Å². The zero-order chi connectivity index (χ0) is 23.3. The van der Waals surface area contributed by atoms with Crippen LogP contribution in [0.3, 0.4) is 0 Å². The Morgan fingerprint density at radius 1 is 1.22 bits per heavy atom. The molecule has 9 nitrogen and oxygen atoms in total. The summed E-state index contributed by atoms with van der Waals surface area (Å²) >= 11 is 6.40. The molecule has 0 bridgehead atoms. The molecule has 3 rings (SSSR count). The van der Waals surface area contributed by atoms with Gasteiger partial charge in [-0.3, -0.25) is 9.78 Å². The lowest BCUT2D eigenvalue weighted by atomic mass is 10.1. The molecular formula is C22H25ClN4O5. The van der Waals surface area contributed by atoms with Crippen LogP contribution in [0.5, 0.6) is 5.75 Å². The molecule has 0 saturated carbocycles. The van der Waals surface area contributed by atoms with Crippen molar-refractivity contribution in [1.29, 1.82) is 0 Å². The molecule has 1 aromatic carbocycles. The van der Waals surface area contributed by atoms with Gasteiger partial charge in [0, 0.05) is 29.1 Å². The van der Waals surface area contributed by atoms with Crippen LogP contribution in [0.1, 0.15) is 23.9 Å². The van der Waals surface area contributed by atoms with E-state index in [1.54, 1.807) is 6.07 Å². The third-order valence-corrected chi connectivity index (χ3v) is 4.91. The molecule has 0 aliphatic heterocycles. The Morgan fingerprint density at radius 3 is 2.69 bits per heavy atom. The molecule has 2 aromatic heterocycles. The smallest absolute Gasteiger partial charge is 0.258 e. The number of hydrogen-bond acceptors (Lipinski definition) is 8. The maximum atomic E-state index is 11.1. The first-order chi connectivity index (χ1) is 15.3. The molecule has 0 spiro atoms. The van der Waals surface area contributed by atoms with Gasteiger partial charge in [0.25, 0.3) is 5.89 Å². The van der Waals surface area contributed by atoms with E-state index in [0.29, 0.717) is 28.1 Å². The van der Waals surface area contributed by atoms with Crippen molar-refractivity contribution < 1.29 is 24.3 Å². The first kappa shape index (κ1) is 23.6. The number of aliphatic hydroxyl groups excluding tert-OH is 2. The lowest BCUT2D eigenvalue weighted by Crippen LogP contribution is -2.36. The molecule has 2 heterocycles. The summed E-state index contributed by atoms with van der Waals surface area (Å²) in [6.45, 7) is 4.99. The molecule has 170 valence electrons. The van der Waals surface area contributed by atoms with Gasteiger partial charge in [0.1, 0.15) is 25.1 Å². The Bertz CT molecular complexity index is 1080. The van der Waals surface area contributed by atoms with Crippen LogP contribution in [-0.2, 0) is 11.2 Å². The zero-order valence-corrected chi connectivity index (χ0v) is 18.8. The zero-order valence-electron chi connectivity index (χ0n) is 18.1. The summed E-state index contributed by atoms with van der Waals surface area (Å²) in [6.07, 6.45) is -0.161. The maximum absolute atomic E-state index is 11.1. The van der Waals surface area contributed by atoms with Crippen LogP contribution in [0.15, 0.2) is 28.8 Å². The predicted molar refractivity (Wildman–Crippen MR) is 118 cm³/mol. The topological polar surface area (TPSA) is 131 Å². The second-order valence-electron chi connectivity index (χ2n) is 7.30. The summed E-state index contributed by atoms with van der Waals surface area (Å²) in [5, 5.41) is 25.4. The van der Waals surface area contributed by atoms with Crippen molar-refractivity contribution in [2.75, 3.05) is 19.8 Å². The van der Waals surface area contributed by atoms with E-state index in [1.165, 1.54) is 0 Å². The van der Waals surface area contributed by atoms with Crippen LogP contribution in [0.4, 0.5) is 0 Å². The highest BCUT2D eigenvalue weighted by Gasteiger charge is 2.17. The predicted octanol–water partition coefficient (Wildman–Crippen LogP) is 2.48. The Balaban J connectivity index is 1.74. The summed E-state index contributed by atoms with van der Waals surface area (Å²) in [6, 6.07) is 7.28. The first-order valence-corrected chi connectivity index (χ1v) is 10.5. The van der Waals surface area contributed by atoms with E-state index >= 15 is 0 Å². The van der Waals surface area contributed by atoms with Gasteiger partial charge in [-0.1, -0.05) is 23.7 Å². The van der Waals surface area contributed by atoms with Crippen LogP contribution in [0.2, 0.25) is 5.02 Å². The number of carbonyl (C=O) groups excluding carboxylic acids is 1. The monoisotopic (exact) mass is 460 g/mol. The van der Waals surface area contributed by atoms with Gasteiger partial charge in [0.2, 0.25) is 11.7 Å². The largest absolute Gasteiger partial charge is 0.489 e. The molecule has 0 saturated heterocycles. The van der Waals surface area contributed by atoms with Crippen molar-refractivity contribution in [3.63, 3.8) is 0 Å². The van der Waals surface area contributed by atoms with Gasteiger partial charge in [-0.05, 0) is 50.1 Å². The maximum Gasteiger partial charge on any atom is 0.258 e. The number of pyridine rings is 1. The molecule has 0 unspecified atom stereocenters. The number of hydrogen-bond donors (Lipinski definition) is 3. The number of rotatable bonds is 9. The lowest BCUT2D eigenvalue weighted by molar-refractivity contribution is -0.124. The fraction of sp³-hybridized carbons (Fsp3) is 0.364. The summed E-state index contributed by atoms with van der Waals surface area (Å²) < 4.78 is 11.1. The summed E-state index contributed by atoms with van der Waals surface area (Å²) in [4.78, 5) is 20.0. The molecule has 3 N–H and O–H groups in total. The van der Waals surface area contributed by atoms with Crippen molar-refractivity contribution in [3.05, 3.63) is 46.2 Å². The fourth-order valence-electron chi connectivity index (χ4n) is 3.07. The van der Waals surface area contributed by atoms with E-state index in [4.69, 9.17) is 26.0 Å². The number of nitrogens with zero attached hydrogens (tertiary/aromatic N) is 3. The van der Waals surface area contributed by atoms with Crippen molar-refractivity contribution in [1.82, 2.24) is 20.4 Å². The Labute approximate surface area is 190 Å². The average molecular weight is 461 g/mol. The van der Waals surface area contributed by atoms with Crippen molar-refractivity contribution >= 4 is 17.5 Å². The van der Waals surface area contributed by atoms with Gasteiger partial charge < -0.3 is 24.8 Å². The second-order valence-corrected chi connectivity index (χ2v) is 7.70. The number of ether oxygens (including phenoxy) is 1. The van der Waals surface area contributed by atoms with Crippen molar-refractivity contribution in [2.24, 2.45) is 0 Å². The lowest BCUT2D eigenvalue weighted by Gasteiger charge is -2.16. The summed E-state index contributed by atoms with van der Waals surface area (Å²) in [7, 11) is 0. The number of aromatic nitrogens is 3. The fourth-order valence-corrected chi connectivity index (χ4v) is 3.39. The minimum absolute atomic E-state index is 0.0476. The number of carbonyl (C=O) groups is 1. The Hall–Kier alpha value is -3.01. The van der Waals surface area contributed by atoms with Crippen LogP contribution in [0, 0.1) is 13.8 Å². The van der Waals surface area contributed by atoms with Gasteiger partial charge in [0.15, 0.2) is 0 Å². The van der Waals surface area contributed by atoms with E-state index in [1.807, 2.05) is 39.0 Å². The van der Waals surface area contributed by atoms with Gasteiger partial charge in [-0.2, -0.15) is 4.98 Å². The van der Waals surface area contributed by atoms with Crippen molar-refractivity contribution in [2.45, 2.75) is 33.3 Å². The molecule has 1 amide bonds. The molecule has 0 aliphatic carbocycles. The first-order valence-electron chi connectivity index (χ1n) is 10.1. The third kappa shape index (κ3) is 5.82. The van der Waals surface area contributed by atoms with Gasteiger partial charge >= 0.3 is 0 Å². The van der Waals surface area contributed by atoms with Crippen LogP contribution in [0.25, 0.3) is 22.8 Å². The minimum Gasteiger partial charge on any atom is -0.489 e. The molecule has 1 atom stereocenters. The quantitative estimate of drug-likeness (QED) is 0.444. The molecular weight excluding hydrogens is 436 g/mol. The summed E-state index contributed by atoms with van der Waals surface area (Å²) in [5.74, 6) is 0.608. The number of benzene rings is 1. The van der Waals surface area contributed by atoms with Crippen LogP contribution in [-0.4, -0.2) is 57.1 Å². The number of halogens is 1. The van der Waals surface area contributed by atoms with E-state index in [9.17, 15) is 9.90 Å². The molecule has 32 heavy (non-hydrogen) atoms. The highest BCUT2D eigenvalue weighted by Crippen LogP contribution is 2.34. The number of aryl methyl sites for hydroxylation is 3. The second kappa shape index (κ2) is 10.5. The highest BCUT2D eigenvalue weighted by atomic mass is 35.5. The van der Waals surface area contributed by atoms with Crippen LogP contribution >= 0.6 is 11.6 Å². The summed E-state index contributed by atoms with van der Waals surface area (Å²) in [5.41, 5.74) is 4.00. The molecule has 10 heteroatoms. The van der Waals surface area contributed by atoms with E-state index in [-0.39, 0.29) is 13.2 Å². The number of aliphatic hydroxyl groups is 2. The van der Waals surface area contributed by atoms with Crippen LogP contribution < -0.4 is 10.1 Å². The molecule has 0 fully saturated rings. The van der Waals surface area contributed by atoms with Gasteiger partial charge in [-0.25, -0.2) is 0 Å². The van der Waals surface area contributed by atoms with E-state index in [0.717, 1.165) is 28.9 Å². The number of amides is 1. The normalized spacial score (nSPS) is 11.9. The molecule has 0 radical (unpaired) electrons. The minimum atomic E-state index is -0.961. The van der Waals surface area contributed by atoms with E-state index in [2.05, 4.69) is 20.4 Å². The Kier molecular flexibility index (Phi) is 7.79. The third-order valence-electron chi connectivity index (χ3n) is 4.63. The van der Waals surface area contributed by atoms with Crippen molar-refractivity contribution in [3.8, 4) is 28.6 Å². The van der Waals surface area contributed by atoms with Gasteiger partial charge in [-0.15, -0.1) is 0 Å². The Morgan fingerprint density at radius 2 is 2.00 bits per heavy atom. The SMILES string of the molecule is CCc1cc(-c2nc(-c3cc(C)c(OC[C@@H](O)CNC(=O)CO)c(Cl)c3)no2)cc(C)n1. The molecule has 0 aliphatic rings.